The van der Waals surface area contributed by atoms with Crippen LogP contribution < -0.4 is 14.8 Å². The van der Waals surface area contributed by atoms with E-state index in [9.17, 15) is 4.79 Å². The number of carbonyl (C=O) groups excluding carboxylic acids is 1. The highest BCUT2D eigenvalue weighted by Gasteiger charge is 2.15. The van der Waals surface area contributed by atoms with E-state index in [2.05, 4.69) is 10.3 Å². The molecule has 6 nitrogen and oxygen atoms in total. The summed E-state index contributed by atoms with van der Waals surface area (Å²) in [7, 11) is 3.18. The Morgan fingerprint density at radius 3 is 2.62 bits per heavy atom. The molecule has 0 aliphatic carbocycles. The lowest BCUT2D eigenvalue weighted by atomic mass is 10.2. The van der Waals surface area contributed by atoms with Crippen molar-refractivity contribution in [1.29, 1.82) is 0 Å². The number of oxazole rings is 1. The Morgan fingerprint density at radius 2 is 1.90 bits per heavy atom. The lowest BCUT2D eigenvalue weighted by Crippen LogP contribution is -2.30. The van der Waals surface area contributed by atoms with Gasteiger partial charge in [-0.3, -0.25) is 4.79 Å². The van der Waals surface area contributed by atoms with E-state index >= 15 is 0 Å². The van der Waals surface area contributed by atoms with Gasteiger partial charge in [-0.05, 0) is 36.8 Å². The molecule has 1 heterocycles. The molecule has 1 unspecified atom stereocenters. The zero-order valence-electron chi connectivity index (χ0n) is 16.7. The molecule has 0 aliphatic rings. The molecule has 0 bridgehead atoms. The van der Waals surface area contributed by atoms with Crippen LogP contribution in [0.3, 0.4) is 0 Å². The average molecular weight is 413 g/mol. The third-order valence-electron chi connectivity index (χ3n) is 4.34. The Labute approximate surface area is 174 Å². The van der Waals surface area contributed by atoms with E-state index in [1.165, 1.54) is 11.8 Å². The van der Waals surface area contributed by atoms with Gasteiger partial charge in [-0.25, -0.2) is 4.98 Å². The predicted molar refractivity (Wildman–Crippen MR) is 114 cm³/mol. The van der Waals surface area contributed by atoms with Crippen LogP contribution in [-0.4, -0.2) is 30.4 Å². The van der Waals surface area contributed by atoms with E-state index in [0.29, 0.717) is 29.7 Å². The number of rotatable bonds is 9. The van der Waals surface area contributed by atoms with Gasteiger partial charge in [-0.2, -0.15) is 0 Å². The fourth-order valence-corrected chi connectivity index (χ4v) is 3.48. The van der Waals surface area contributed by atoms with Gasteiger partial charge in [0.2, 0.25) is 11.8 Å². The summed E-state index contributed by atoms with van der Waals surface area (Å²) in [6, 6.07) is 15.3. The zero-order valence-corrected chi connectivity index (χ0v) is 17.5. The largest absolute Gasteiger partial charge is 0.493 e. The molecule has 152 valence electrons. The van der Waals surface area contributed by atoms with Crippen LogP contribution in [0.2, 0.25) is 0 Å². The van der Waals surface area contributed by atoms with E-state index in [0.717, 1.165) is 16.8 Å². The highest BCUT2D eigenvalue weighted by Crippen LogP contribution is 2.27. The average Bonchev–Trinajstić information content (AvgIpc) is 3.25. The summed E-state index contributed by atoms with van der Waals surface area (Å²) in [4.78, 5) is 16.9. The van der Waals surface area contributed by atoms with Gasteiger partial charge in [0.1, 0.15) is 6.26 Å². The number of ether oxygens (including phenoxy) is 2. The van der Waals surface area contributed by atoms with Crippen molar-refractivity contribution in [3.8, 4) is 23.0 Å². The van der Waals surface area contributed by atoms with E-state index in [-0.39, 0.29) is 11.2 Å². The molecule has 1 N–H and O–H groups in total. The summed E-state index contributed by atoms with van der Waals surface area (Å²) in [6.45, 7) is 2.30. The smallest absolute Gasteiger partial charge is 0.233 e. The number of carbonyl (C=O) groups is 1. The minimum absolute atomic E-state index is 0.0310. The standard InChI is InChI=1S/C22H24N2O4S/c1-15(21(25)23-12-16-9-10-19(26-2)20(11-16)27-3)29-14-18-13-28-22(24-18)17-7-5-4-6-8-17/h4-11,13,15H,12,14H2,1-3H3,(H,23,25). The van der Waals surface area contributed by atoms with Gasteiger partial charge < -0.3 is 19.2 Å². The molecule has 1 amide bonds. The highest BCUT2D eigenvalue weighted by atomic mass is 32.2. The SMILES string of the molecule is COc1ccc(CNC(=O)C(C)SCc2coc(-c3ccccc3)n2)cc1OC. The maximum atomic E-state index is 12.4. The first kappa shape index (κ1) is 20.8. The van der Waals surface area contributed by atoms with Gasteiger partial charge >= 0.3 is 0 Å². The molecule has 0 spiro atoms. The number of methoxy groups -OCH3 is 2. The number of thioether (sulfide) groups is 1. The van der Waals surface area contributed by atoms with Gasteiger partial charge in [-0.15, -0.1) is 11.8 Å². The monoisotopic (exact) mass is 412 g/mol. The summed E-state index contributed by atoms with van der Waals surface area (Å²) in [5.41, 5.74) is 2.69. The molecule has 0 saturated carbocycles. The second-order valence-electron chi connectivity index (χ2n) is 6.37. The molecule has 29 heavy (non-hydrogen) atoms. The van der Waals surface area contributed by atoms with Crippen LogP contribution in [0.1, 0.15) is 18.2 Å². The Kier molecular flexibility index (Phi) is 7.19. The number of nitrogens with zero attached hydrogens (tertiary/aromatic N) is 1. The first-order chi connectivity index (χ1) is 14.1. The van der Waals surface area contributed by atoms with Crippen LogP contribution in [0.15, 0.2) is 59.2 Å². The zero-order chi connectivity index (χ0) is 20.6. The van der Waals surface area contributed by atoms with Crippen molar-refractivity contribution in [1.82, 2.24) is 10.3 Å². The number of hydrogen-bond acceptors (Lipinski definition) is 6. The van der Waals surface area contributed by atoms with E-state index in [4.69, 9.17) is 13.9 Å². The molecule has 3 aromatic rings. The van der Waals surface area contributed by atoms with Crippen LogP contribution in [0.5, 0.6) is 11.5 Å². The minimum Gasteiger partial charge on any atom is -0.493 e. The van der Waals surface area contributed by atoms with E-state index in [1.54, 1.807) is 20.5 Å². The summed E-state index contributed by atoms with van der Waals surface area (Å²) >= 11 is 1.52. The Hall–Kier alpha value is -2.93. The number of benzene rings is 2. The van der Waals surface area contributed by atoms with Crippen molar-refractivity contribution in [2.24, 2.45) is 0 Å². The Bertz CT molecular complexity index is 943. The fourth-order valence-electron chi connectivity index (χ4n) is 2.70. The summed E-state index contributed by atoms with van der Waals surface area (Å²) < 4.78 is 16.1. The van der Waals surface area contributed by atoms with Gasteiger partial charge in [0.05, 0.1) is 25.2 Å². The predicted octanol–water partition coefficient (Wildman–Crippen LogP) is 4.30. The molecule has 0 saturated heterocycles. The van der Waals surface area contributed by atoms with Gasteiger partial charge in [0.15, 0.2) is 11.5 Å². The minimum atomic E-state index is -0.216. The Balaban J connectivity index is 1.49. The van der Waals surface area contributed by atoms with Crippen LogP contribution in [0, 0.1) is 0 Å². The summed E-state index contributed by atoms with van der Waals surface area (Å²) in [5, 5.41) is 2.74. The van der Waals surface area contributed by atoms with Crippen molar-refractivity contribution < 1.29 is 18.7 Å². The second kappa shape index (κ2) is 10.0. The van der Waals surface area contributed by atoms with Crippen molar-refractivity contribution in [2.45, 2.75) is 24.5 Å². The normalized spacial score (nSPS) is 11.7. The van der Waals surface area contributed by atoms with Crippen LogP contribution in [0.25, 0.3) is 11.5 Å². The Morgan fingerprint density at radius 1 is 1.14 bits per heavy atom. The fraction of sp³-hybridized carbons (Fsp3) is 0.273. The quantitative estimate of drug-likeness (QED) is 0.565. The van der Waals surface area contributed by atoms with Gasteiger partial charge in [0.25, 0.3) is 0 Å². The molecule has 3 rings (SSSR count). The van der Waals surface area contributed by atoms with Crippen molar-refractivity contribution in [3.05, 3.63) is 66.1 Å². The second-order valence-corrected chi connectivity index (χ2v) is 7.70. The highest BCUT2D eigenvalue weighted by molar-refractivity contribution is 7.99. The van der Waals surface area contributed by atoms with Crippen molar-refractivity contribution in [3.63, 3.8) is 0 Å². The number of nitrogens with one attached hydrogen (secondary N) is 1. The molecular formula is C22H24N2O4S. The third kappa shape index (κ3) is 5.54. The molecule has 2 aromatic carbocycles. The van der Waals surface area contributed by atoms with Crippen LogP contribution in [0.4, 0.5) is 0 Å². The van der Waals surface area contributed by atoms with E-state index in [1.807, 2.05) is 55.5 Å². The maximum absolute atomic E-state index is 12.4. The summed E-state index contributed by atoms with van der Waals surface area (Å²) in [5.74, 6) is 2.46. The van der Waals surface area contributed by atoms with Gasteiger partial charge in [0, 0.05) is 17.9 Å². The van der Waals surface area contributed by atoms with Crippen molar-refractivity contribution >= 4 is 17.7 Å². The summed E-state index contributed by atoms with van der Waals surface area (Å²) in [6.07, 6.45) is 1.64. The molecule has 0 fully saturated rings. The van der Waals surface area contributed by atoms with Crippen molar-refractivity contribution in [2.75, 3.05) is 14.2 Å². The molecule has 0 aliphatic heterocycles. The third-order valence-corrected chi connectivity index (χ3v) is 5.51. The first-order valence-corrected chi connectivity index (χ1v) is 10.3. The van der Waals surface area contributed by atoms with Crippen LogP contribution in [-0.2, 0) is 17.1 Å². The molecule has 0 radical (unpaired) electrons. The number of hydrogen-bond donors (Lipinski definition) is 1. The molecular weight excluding hydrogens is 388 g/mol. The molecule has 1 atom stereocenters. The molecule has 1 aromatic heterocycles. The maximum Gasteiger partial charge on any atom is 0.233 e. The van der Waals surface area contributed by atoms with E-state index < -0.39 is 0 Å². The lowest BCUT2D eigenvalue weighted by Gasteiger charge is -2.13. The lowest BCUT2D eigenvalue weighted by molar-refractivity contribution is -0.120. The number of aromatic nitrogens is 1. The topological polar surface area (TPSA) is 73.6 Å². The first-order valence-electron chi connectivity index (χ1n) is 9.20. The van der Waals surface area contributed by atoms with Crippen LogP contribution >= 0.6 is 11.8 Å². The number of amides is 1. The van der Waals surface area contributed by atoms with Gasteiger partial charge in [-0.1, -0.05) is 24.3 Å². The molecule has 7 heteroatoms.